The number of hydrogen-bond acceptors (Lipinski definition) is 4. The van der Waals surface area contributed by atoms with Crippen molar-refractivity contribution in [1.29, 1.82) is 5.41 Å². The Morgan fingerprint density at radius 1 is 1.09 bits per heavy atom. The summed E-state index contributed by atoms with van der Waals surface area (Å²) in [5.74, 6) is -0.0976. The maximum Gasteiger partial charge on any atom is 0.242 e. The van der Waals surface area contributed by atoms with Crippen molar-refractivity contribution in [2.75, 3.05) is 6.54 Å². The Morgan fingerprint density at radius 3 is 2.56 bits per heavy atom. The third-order valence-corrected chi connectivity index (χ3v) is 6.45. The largest absolute Gasteiger partial charge is 0.384 e. The summed E-state index contributed by atoms with van der Waals surface area (Å²) < 4.78 is 0. The number of nitrogen functional groups attached to an aromatic ring is 1. The molecule has 3 aromatic carbocycles. The van der Waals surface area contributed by atoms with E-state index in [2.05, 4.69) is 46.3 Å². The van der Waals surface area contributed by atoms with Crippen LogP contribution in [0.3, 0.4) is 0 Å². The molecule has 1 unspecified atom stereocenters. The molecular weight excluding hydrogens is 426 g/mol. The zero-order valence-electron chi connectivity index (χ0n) is 19.3. The molecule has 7 nitrogen and oxygen atoms in total. The van der Waals surface area contributed by atoms with E-state index in [1.807, 2.05) is 24.3 Å². The summed E-state index contributed by atoms with van der Waals surface area (Å²) in [5.41, 5.74) is 8.24. The van der Waals surface area contributed by atoms with Crippen LogP contribution in [0, 0.1) is 5.41 Å². The zero-order chi connectivity index (χ0) is 24.1. The predicted molar refractivity (Wildman–Crippen MR) is 135 cm³/mol. The van der Waals surface area contributed by atoms with Gasteiger partial charge in [0, 0.05) is 12.1 Å². The first kappa shape index (κ1) is 23.4. The number of rotatable bonds is 7. The summed E-state index contributed by atoms with van der Waals surface area (Å²) in [7, 11) is 0. The van der Waals surface area contributed by atoms with Crippen molar-refractivity contribution in [2.45, 2.75) is 44.3 Å². The number of nitrogens with one attached hydrogen (secondary N) is 4. The molecule has 1 fully saturated rings. The number of fused-ring (bicyclic) bond motifs is 1. The Bertz CT molecular complexity index is 1190. The monoisotopic (exact) mass is 457 g/mol. The highest BCUT2D eigenvalue weighted by atomic mass is 16.2. The van der Waals surface area contributed by atoms with Gasteiger partial charge in [-0.25, -0.2) is 0 Å². The molecule has 1 saturated heterocycles. The van der Waals surface area contributed by atoms with Crippen LogP contribution in [-0.2, 0) is 16.1 Å². The van der Waals surface area contributed by atoms with Gasteiger partial charge in [0.25, 0.3) is 0 Å². The fourth-order valence-electron chi connectivity index (χ4n) is 4.41. The summed E-state index contributed by atoms with van der Waals surface area (Å²) >= 11 is 0. The molecule has 0 bridgehead atoms. The highest BCUT2D eigenvalue weighted by Crippen LogP contribution is 2.30. The topological polar surface area (TPSA) is 120 Å². The number of piperidine rings is 1. The molecular formula is C27H31N5O2. The quantitative estimate of drug-likeness (QED) is 0.277. The second-order valence-corrected chi connectivity index (χ2v) is 8.89. The van der Waals surface area contributed by atoms with Crippen LogP contribution < -0.4 is 21.7 Å². The van der Waals surface area contributed by atoms with Crippen LogP contribution in [-0.4, -0.2) is 36.3 Å². The fourth-order valence-corrected chi connectivity index (χ4v) is 4.41. The lowest BCUT2D eigenvalue weighted by molar-refractivity contribution is -0.130. The van der Waals surface area contributed by atoms with Crippen molar-refractivity contribution >= 4 is 28.4 Å². The molecule has 3 aromatic rings. The molecule has 0 aromatic heterocycles. The predicted octanol–water partition coefficient (Wildman–Crippen LogP) is 2.78. The summed E-state index contributed by atoms with van der Waals surface area (Å²) in [4.78, 5) is 25.4. The second-order valence-electron chi connectivity index (χ2n) is 8.89. The summed E-state index contributed by atoms with van der Waals surface area (Å²) in [6.45, 7) is 2.78. The number of benzene rings is 3. The minimum Gasteiger partial charge on any atom is -0.384 e. The Kier molecular flexibility index (Phi) is 7.23. The minimum atomic E-state index is -0.646. The van der Waals surface area contributed by atoms with E-state index in [-0.39, 0.29) is 23.7 Å². The van der Waals surface area contributed by atoms with Crippen LogP contribution in [0.1, 0.15) is 42.4 Å². The Hall–Kier alpha value is -3.71. The van der Waals surface area contributed by atoms with Gasteiger partial charge in [0.2, 0.25) is 11.8 Å². The van der Waals surface area contributed by atoms with Gasteiger partial charge in [-0.2, -0.15) is 0 Å². The molecule has 1 heterocycles. The van der Waals surface area contributed by atoms with Gasteiger partial charge < -0.3 is 21.7 Å². The van der Waals surface area contributed by atoms with Gasteiger partial charge in [-0.3, -0.25) is 15.0 Å². The van der Waals surface area contributed by atoms with E-state index in [1.165, 1.54) is 16.3 Å². The number of carbonyl (C=O) groups excluding carboxylic acids is 2. The molecule has 176 valence electrons. The minimum absolute atomic E-state index is 0.00565. The number of amides is 2. The van der Waals surface area contributed by atoms with E-state index in [0.29, 0.717) is 24.4 Å². The van der Waals surface area contributed by atoms with Crippen molar-refractivity contribution < 1.29 is 9.59 Å². The highest BCUT2D eigenvalue weighted by Gasteiger charge is 2.29. The first-order valence-corrected chi connectivity index (χ1v) is 11.6. The maximum absolute atomic E-state index is 12.9. The third-order valence-electron chi connectivity index (χ3n) is 6.45. The lowest BCUT2D eigenvalue weighted by Gasteiger charge is -2.30. The maximum atomic E-state index is 12.9. The Labute approximate surface area is 199 Å². The molecule has 7 heteroatoms. The molecule has 0 aliphatic carbocycles. The molecule has 0 radical (unpaired) electrons. The smallest absolute Gasteiger partial charge is 0.242 e. The van der Waals surface area contributed by atoms with E-state index < -0.39 is 6.04 Å². The number of amidine groups is 1. The third kappa shape index (κ3) is 5.61. The van der Waals surface area contributed by atoms with Crippen LogP contribution in [0.15, 0.2) is 66.7 Å². The Balaban J connectivity index is 1.30. The molecule has 2 amide bonds. The molecule has 0 saturated carbocycles. The van der Waals surface area contributed by atoms with Gasteiger partial charge in [-0.05, 0) is 54.1 Å². The first-order valence-electron chi connectivity index (χ1n) is 11.6. The first-order chi connectivity index (χ1) is 16.4. The van der Waals surface area contributed by atoms with Gasteiger partial charge in [0.15, 0.2) is 0 Å². The van der Waals surface area contributed by atoms with E-state index >= 15 is 0 Å². The molecule has 0 spiro atoms. The van der Waals surface area contributed by atoms with Crippen LogP contribution in [0.2, 0.25) is 0 Å². The summed E-state index contributed by atoms with van der Waals surface area (Å²) in [6.07, 6.45) is 1.67. The lowest BCUT2D eigenvalue weighted by Crippen LogP contribution is -2.53. The molecule has 1 aliphatic heterocycles. The second kappa shape index (κ2) is 10.5. The van der Waals surface area contributed by atoms with E-state index in [9.17, 15) is 9.59 Å². The van der Waals surface area contributed by atoms with Crippen molar-refractivity contribution in [3.05, 3.63) is 83.4 Å². The zero-order valence-corrected chi connectivity index (χ0v) is 19.3. The summed E-state index contributed by atoms with van der Waals surface area (Å²) in [6, 6.07) is 21.0. The van der Waals surface area contributed by atoms with E-state index in [4.69, 9.17) is 11.1 Å². The lowest BCUT2D eigenvalue weighted by atomic mass is 9.85. The van der Waals surface area contributed by atoms with Crippen LogP contribution >= 0.6 is 0 Å². The summed E-state index contributed by atoms with van der Waals surface area (Å²) in [5, 5.41) is 18.9. The average molecular weight is 458 g/mol. The molecule has 4 rings (SSSR count). The Morgan fingerprint density at radius 2 is 1.82 bits per heavy atom. The normalized spacial score (nSPS) is 18.7. The van der Waals surface area contributed by atoms with Crippen LogP contribution in [0.5, 0.6) is 0 Å². The van der Waals surface area contributed by atoms with Crippen molar-refractivity contribution in [3.8, 4) is 0 Å². The van der Waals surface area contributed by atoms with Gasteiger partial charge in [0.05, 0.1) is 6.04 Å². The fraction of sp³-hybridized carbons (Fsp3) is 0.296. The van der Waals surface area contributed by atoms with Crippen LogP contribution in [0.4, 0.5) is 0 Å². The van der Waals surface area contributed by atoms with Crippen LogP contribution in [0.25, 0.3) is 10.8 Å². The van der Waals surface area contributed by atoms with Crippen molar-refractivity contribution in [3.63, 3.8) is 0 Å². The SMILES string of the molecule is CC(NC(=O)[C@H]1C[C@@H](c2ccc3ccccc3c2)CCN1)C(=O)NCc1ccc(C(=N)N)cc1. The average Bonchev–Trinajstić information content (AvgIpc) is 2.87. The van der Waals surface area contributed by atoms with Gasteiger partial charge in [-0.15, -0.1) is 0 Å². The molecule has 1 aliphatic rings. The molecule has 3 atom stereocenters. The number of hydrogen-bond donors (Lipinski definition) is 5. The number of nitrogens with two attached hydrogens (primary N) is 1. The van der Waals surface area contributed by atoms with Crippen molar-refractivity contribution in [2.24, 2.45) is 5.73 Å². The van der Waals surface area contributed by atoms with Gasteiger partial charge >= 0.3 is 0 Å². The van der Waals surface area contributed by atoms with E-state index in [1.54, 1.807) is 19.1 Å². The number of carbonyl (C=O) groups is 2. The standard InChI is InChI=1S/C27H31N5O2/c1-17(26(33)31-16-18-6-8-20(9-7-18)25(28)29)32-27(34)24-15-23(12-13-30-24)22-11-10-19-4-2-3-5-21(19)14-22/h2-11,14,17,23-24,30H,12-13,15-16H2,1H3,(H3,28,29)(H,31,33)(H,32,34)/t17?,23-,24+/m0/s1. The van der Waals surface area contributed by atoms with E-state index in [0.717, 1.165) is 18.5 Å². The molecule has 34 heavy (non-hydrogen) atoms. The van der Waals surface area contributed by atoms with Gasteiger partial charge in [0.1, 0.15) is 11.9 Å². The highest BCUT2D eigenvalue weighted by molar-refractivity contribution is 5.95. The molecule has 6 N–H and O–H groups in total. The van der Waals surface area contributed by atoms with Gasteiger partial charge in [-0.1, -0.05) is 66.7 Å². The van der Waals surface area contributed by atoms with Crippen molar-refractivity contribution in [1.82, 2.24) is 16.0 Å².